The van der Waals surface area contributed by atoms with Gasteiger partial charge in [0.1, 0.15) is 0 Å². The Morgan fingerprint density at radius 1 is 0.821 bits per heavy atom. The molecule has 7 heteroatoms. The van der Waals surface area contributed by atoms with E-state index in [-0.39, 0.29) is 17.5 Å². The average molecular weight is 517 g/mol. The normalized spacial score (nSPS) is 15.9. The number of carbonyl (C=O) groups is 1. The highest BCUT2D eigenvalue weighted by molar-refractivity contribution is 5.97. The van der Waals surface area contributed by atoms with Crippen molar-refractivity contribution in [3.8, 4) is 0 Å². The van der Waals surface area contributed by atoms with Gasteiger partial charge in [-0.05, 0) is 34.4 Å². The Morgan fingerprint density at radius 2 is 1.56 bits per heavy atom. The van der Waals surface area contributed by atoms with E-state index in [9.17, 15) is 9.59 Å². The van der Waals surface area contributed by atoms with E-state index in [4.69, 9.17) is 4.74 Å². The number of amides is 1. The molecule has 6 rings (SSSR count). The Kier molecular flexibility index (Phi) is 6.78. The van der Waals surface area contributed by atoms with Crippen molar-refractivity contribution in [2.75, 3.05) is 11.9 Å². The number of nitrogens with one attached hydrogen (secondary N) is 3. The quantitative estimate of drug-likeness (QED) is 0.258. The molecule has 2 unspecified atom stereocenters. The summed E-state index contributed by atoms with van der Waals surface area (Å²) in [4.78, 5) is 24.7. The van der Waals surface area contributed by atoms with Crippen molar-refractivity contribution in [3.05, 3.63) is 141 Å². The van der Waals surface area contributed by atoms with Crippen LogP contribution >= 0.6 is 0 Å². The second kappa shape index (κ2) is 10.8. The van der Waals surface area contributed by atoms with Gasteiger partial charge >= 0.3 is 6.09 Å². The molecular formula is C32H28N4O3. The molecule has 0 saturated heterocycles. The molecule has 1 aromatic heterocycles. The van der Waals surface area contributed by atoms with E-state index in [2.05, 4.69) is 45.1 Å². The van der Waals surface area contributed by atoms with Crippen LogP contribution in [0.1, 0.15) is 39.9 Å². The van der Waals surface area contributed by atoms with E-state index in [0.717, 1.165) is 39.0 Å². The number of aromatic nitrogens is 2. The maximum atomic E-state index is 12.5. The molecule has 4 aromatic carbocycles. The lowest BCUT2D eigenvalue weighted by Gasteiger charge is -2.34. The topological polar surface area (TPSA) is 96.1 Å². The zero-order valence-corrected chi connectivity index (χ0v) is 21.3. The van der Waals surface area contributed by atoms with Crippen LogP contribution in [0.15, 0.2) is 108 Å². The maximum absolute atomic E-state index is 12.5. The predicted molar refractivity (Wildman–Crippen MR) is 152 cm³/mol. The number of ether oxygens (including phenoxy) is 1. The number of carbonyl (C=O) groups excluding carboxylic acids is 1. The van der Waals surface area contributed by atoms with E-state index >= 15 is 0 Å². The first-order chi connectivity index (χ1) is 19.2. The summed E-state index contributed by atoms with van der Waals surface area (Å²) in [7, 11) is 0. The van der Waals surface area contributed by atoms with Crippen molar-refractivity contribution in [2.24, 2.45) is 0 Å². The van der Waals surface area contributed by atoms with Gasteiger partial charge in [0.25, 0.3) is 5.56 Å². The van der Waals surface area contributed by atoms with Crippen LogP contribution in [0.2, 0.25) is 0 Å². The van der Waals surface area contributed by atoms with Crippen LogP contribution in [0.5, 0.6) is 0 Å². The third-order valence-corrected chi connectivity index (χ3v) is 7.18. The molecule has 0 bridgehead atoms. The first-order valence-electron chi connectivity index (χ1n) is 13.0. The lowest BCUT2D eigenvalue weighted by Crippen LogP contribution is -2.28. The number of anilines is 1. The first kappa shape index (κ1) is 24.4. The minimum Gasteiger partial charge on any atom is -0.449 e. The number of rotatable bonds is 7. The summed E-state index contributed by atoms with van der Waals surface area (Å²) >= 11 is 0. The van der Waals surface area contributed by atoms with Gasteiger partial charge < -0.3 is 15.4 Å². The summed E-state index contributed by atoms with van der Waals surface area (Å²) in [5, 5.41) is 15.2. The van der Waals surface area contributed by atoms with Crippen molar-refractivity contribution >= 4 is 22.6 Å². The number of H-pyrrole nitrogens is 1. The fraction of sp³-hybridized carbons (Fsp3) is 0.156. The summed E-state index contributed by atoms with van der Waals surface area (Å²) in [5.41, 5.74) is 5.80. The fourth-order valence-corrected chi connectivity index (χ4v) is 5.26. The molecule has 0 fully saturated rings. The highest BCUT2D eigenvalue weighted by Gasteiger charge is 2.34. The van der Waals surface area contributed by atoms with Gasteiger partial charge in [-0.15, -0.1) is 0 Å². The van der Waals surface area contributed by atoms with E-state index in [1.807, 2.05) is 78.9 Å². The molecule has 3 N–H and O–H groups in total. The molecule has 2 atom stereocenters. The van der Waals surface area contributed by atoms with E-state index in [0.29, 0.717) is 25.0 Å². The molecule has 0 aliphatic carbocycles. The Morgan fingerprint density at radius 3 is 2.33 bits per heavy atom. The van der Waals surface area contributed by atoms with Crippen LogP contribution in [0.4, 0.5) is 10.5 Å². The molecule has 194 valence electrons. The van der Waals surface area contributed by atoms with Crippen LogP contribution in [-0.4, -0.2) is 22.9 Å². The average Bonchev–Trinajstić information content (AvgIpc) is 2.99. The van der Waals surface area contributed by atoms with Crippen LogP contribution < -0.4 is 16.2 Å². The molecule has 0 saturated carbocycles. The minimum atomic E-state index is -0.438. The van der Waals surface area contributed by atoms with Crippen molar-refractivity contribution in [2.45, 2.75) is 24.9 Å². The van der Waals surface area contributed by atoms with E-state index in [1.54, 1.807) is 0 Å². The molecule has 5 aromatic rings. The molecule has 1 aliphatic rings. The van der Waals surface area contributed by atoms with Gasteiger partial charge in [-0.2, -0.15) is 5.10 Å². The van der Waals surface area contributed by atoms with Crippen LogP contribution in [0, 0.1) is 0 Å². The number of hydrogen-bond acceptors (Lipinski definition) is 5. The lowest BCUT2D eigenvalue weighted by atomic mass is 9.80. The number of alkyl carbamates (subject to hydrolysis) is 1. The molecule has 1 aliphatic heterocycles. The molecule has 2 heterocycles. The smallest absolute Gasteiger partial charge is 0.407 e. The third kappa shape index (κ3) is 5.11. The van der Waals surface area contributed by atoms with Gasteiger partial charge in [-0.1, -0.05) is 91.0 Å². The maximum Gasteiger partial charge on any atom is 0.407 e. The third-order valence-electron chi connectivity index (χ3n) is 7.18. The van der Waals surface area contributed by atoms with Crippen molar-refractivity contribution in [1.29, 1.82) is 0 Å². The fourth-order valence-electron chi connectivity index (χ4n) is 5.26. The monoisotopic (exact) mass is 516 g/mol. The zero-order chi connectivity index (χ0) is 26.6. The molecule has 0 spiro atoms. The van der Waals surface area contributed by atoms with Gasteiger partial charge in [0.2, 0.25) is 0 Å². The number of nitrogens with zero attached hydrogens (tertiary/aromatic N) is 1. The van der Waals surface area contributed by atoms with Gasteiger partial charge in [-0.3, -0.25) is 4.79 Å². The standard InChI is InChI=1S/C32H28N4O3/c37-31-25-12-7-13-26-28(25)30(35-36-31)27(29(34-26)24-10-5-2-6-11-24)23-16-14-22(15-17-23)20-33-32(38)39-19-18-21-8-3-1-4-9-21/h1-17,27,29,34H,18-20H2,(H,33,38)(H,36,37). The Balaban J connectivity index is 1.21. The minimum absolute atomic E-state index is 0.0775. The van der Waals surface area contributed by atoms with Gasteiger partial charge in [0, 0.05) is 24.0 Å². The van der Waals surface area contributed by atoms with E-state index < -0.39 is 6.09 Å². The molecule has 7 nitrogen and oxygen atoms in total. The van der Waals surface area contributed by atoms with Crippen molar-refractivity contribution in [3.63, 3.8) is 0 Å². The highest BCUT2D eigenvalue weighted by atomic mass is 16.5. The number of hydrogen-bond donors (Lipinski definition) is 3. The van der Waals surface area contributed by atoms with E-state index in [1.165, 1.54) is 0 Å². The highest BCUT2D eigenvalue weighted by Crippen LogP contribution is 2.46. The Hall–Kier alpha value is -4.91. The lowest BCUT2D eigenvalue weighted by molar-refractivity contribution is 0.147. The van der Waals surface area contributed by atoms with Crippen LogP contribution in [0.25, 0.3) is 10.8 Å². The number of aromatic amines is 1. The van der Waals surface area contributed by atoms with Crippen molar-refractivity contribution in [1.82, 2.24) is 15.5 Å². The second-order valence-corrected chi connectivity index (χ2v) is 9.64. The molecule has 39 heavy (non-hydrogen) atoms. The first-order valence-corrected chi connectivity index (χ1v) is 13.0. The predicted octanol–water partition coefficient (Wildman–Crippen LogP) is 5.69. The second-order valence-electron chi connectivity index (χ2n) is 9.64. The van der Waals surface area contributed by atoms with Crippen LogP contribution in [-0.2, 0) is 17.7 Å². The summed E-state index contributed by atoms with van der Waals surface area (Å²) < 4.78 is 5.33. The Labute approximate surface area is 225 Å². The zero-order valence-electron chi connectivity index (χ0n) is 21.3. The van der Waals surface area contributed by atoms with Gasteiger partial charge in [-0.25, -0.2) is 9.89 Å². The largest absolute Gasteiger partial charge is 0.449 e. The van der Waals surface area contributed by atoms with Gasteiger partial charge in [0.05, 0.1) is 29.6 Å². The summed E-state index contributed by atoms with van der Waals surface area (Å²) in [6.07, 6.45) is 0.239. The van der Waals surface area contributed by atoms with Gasteiger partial charge in [0.15, 0.2) is 0 Å². The summed E-state index contributed by atoms with van der Waals surface area (Å²) in [5.74, 6) is -0.133. The molecule has 1 amide bonds. The Bertz CT molecular complexity index is 1650. The van der Waals surface area contributed by atoms with Crippen LogP contribution in [0.3, 0.4) is 0 Å². The summed E-state index contributed by atoms with van der Waals surface area (Å²) in [6, 6.07) is 34.0. The number of benzene rings is 4. The molecule has 0 radical (unpaired) electrons. The SMILES string of the molecule is O=C(NCc1ccc(C2c3n[nH]c(=O)c4cccc(c34)NC2c2ccccc2)cc1)OCCc1ccccc1. The van der Waals surface area contributed by atoms with Crippen molar-refractivity contribution < 1.29 is 9.53 Å². The molecular weight excluding hydrogens is 488 g/mol. The summed E-state index contributed by atoms with van der Waals surface area (Å²) in [6.45, 7) is 0.686.